The van der Waals surface area contributed by atoms with Gasteiger partial charge in [-0.15, -0.1) is 0 Å². The Morgan fingerprint density at radius 3 is 2.56 bits per heavy atom. The van der Waals surface area contributed by atoms with E-state index in [9.17, 15) is 4.79 Å². The lowest BCUT2D eigenvalue weighted by molar-refractivity contribution is -0.131. The van der Waals surface area contributed by atoms with Crippen LogP contribution in [0.3, 0.4) is 0 Å². The van der Waals surface area contributed by atoms with Crippen molar-refractivity contribution in [1.82, 2.24) is 9.80 Å². The van der Waals surface area contributed by atoms with Gasteiger partial charge in [-0.2, -0.15) is 0 Å². The normalized spacial score (nSPS) is 29.6. The molecular formula is C12H23N3O. The first-order valence-corrected chi connectivity index (χ1v) is 6.37. The number of hydrogen-bond acceptors (Lipinski definition) is 3. The molecule has 0 aromatic carbocycles. The van der Waals surface area contributed by atoms with Crippen molar-refractivity contribution >= 4 is 5.91 Å². The number of amides is 1. The van der Waals surface area contributed by atoms with E-state index in [2.05, 4.69) is 4.90 Å². The van der Waals surface area contributed by atoms with Crippen molar-refractivity contribution in [3.05, 3.63) is 0 Å². The van der Waals surface area contributed by atoms with Crippen LogP contribution in [-0.2, 0) is 4.79 Å². The molecule has 4 heteroatoms. The molecule has 92 valence electrons. The second-order valence-electron chi connectivity index (χ2n) is 5.38. The molecule has 1 aliphatic carbocycles. The van der Waals surface area contributed by atoms with Gasteiger partial charge in [-0.05, 0) is 38.6 Å². The van der Waals surface area contributed by atoms with E-state index in [-0.39, 0.29) is 0 Å². The summed E-state index contributed by atoms with van der Waals surface area (Å²) in [6.07, 6.45) is 4.60. The van der Waals surface area contributed by atoms with Crippen molar-refractivity contribution in [2.24, 2.45) is 11.7 Å². The smallest absolute Gasteiger partial charge is 0.236 e. The van der Waals surface area contributed by atoms with Crippen LogP contribution in [0.1, 0.15) is 25.7 Å². The number of carbonyl (C=O) groups excluding carboxylic acids is 1. The molecule has 1 aliphatic heterocycles. The Balaban J connectivity index is 1.66. The molecule has 0 aromatic heterocycles. The van der Waals surface area contributed by atoms with Gasteiger partial charge < -0.3 is 10.6 Å². The first-order valence-electron chi connectivity index (χ1n) is 6.37. The molecule has 2 N–H and O–H groups in total. The number of likely N-dealkylation sites (tertiary alicyclic amines) is 1. The quantitative estimate of drug-likeness (QED) is 0.747. The molecule has 2 rings (SSSR count). The van der Waals surface area contributed by atoms with Gasteiger partial charge in [-0.1, -0.05) is 0 Å². The first-order chi connectivity index (χ1) is 7.65. The molecule has 1 saturated heterocycles. The number of nitrogens with two attached hydrogens (primary N) is 1. The average Bonchev–Trinajstić information content (AvgIpc) is 2.67. The Morgan fingerprint density at radius 2 is 2.00 bits per heavy atom. The van der Waals surface area contributed by atoms with Gasteiger partial charge in [0.1, 0.15) is 0 Å². The maximum Gasteiger partial charge on any atom is 0.236 e. The number of rotatable bonds is 4. The lowest BCUT2D eigenvalue weighted by Crippen LogP contribution is -2.44. The predicted octanol–water partition coefficient (Wildman–Crippen LogP) is 0.278. The van der Waals surface area contributed by atoms with E-state index in [0.717, 1.165) is 32.5 Å². The standard InChI is InChI=1S/C12H23N3O/c1-14(8-10-6-11(13)7-10)9-12(16)15-4-2-3-5-15/h10-11H,2-9,13H2,1H3. The Bertz CT molecular complexity index is 245. The predicted molar refractivity (Wildman–Crippen MR) is 64.0 cm³/mol. The molecule has 0 aromatic rings. The van der Waals surface area contributed by atoms with Crippen LogP contribution in [0.25, 0.3) is 0 Å². The Labute approximate surface area is 97.8 Å². The van der Waals surface area contributed by atoms with Crippen LogP contribution < -0.4 is 5.73 Å². The minimum absolute atomic E-state index is 0.295. The first kappa shape index (κ1) is 11.9. The number of likely N-dealkylation sites (N-methyl/N-ethyl adjacent to an activating group) is 1. The van der Waals surface area contributed by atoms with Crippen LogP contribution in [0.15, 0.2) is 0 Å². The molecule has 0 atom stereocenters. The third kappa shape index (κ3) is 2.95. The number of carbonyl (C=O) groups is 1. The van der Waals surface area contributed by atoms with E-state index < -0.39 is 0 Å². The third-order valence-electron chi connectivity index (χ3n) is 3.71. The second-order valence-corrected chi connectivity index (χ2v) is 5.38. The SMILES string of the molecule is CN(CC(=O)N1CCCC1)CC1CC(N)C1. The minimum Gasteiger partial charge on any atom is -0.342 e. The summed E-state index contributed by atoms with van der Waals surface area (Å²) in [6.45, 7) is 3.51. The molecule has 0 radical (unpaired) electrons. The van der Waals surface area contributed by atoms with E-state index in [1.165, 1.54) is 12.8 Å². The highest BCUT2D eigenvalue weighted by Gasteiger charge is 2.27. The maximum absolute atomic E-state index is 11.9. The zero-order valence-electron chi connectivity index (χ0n) is 10.2. The Morgan fingerprint density at radius 1 is 1.38 bits per heavy atom. The highest BCUT2D eigenvalue weighted by Crippen LogP contribution is 2.25. The fraction of sp³-hybridized carbons (Fsp3) is 0.917. The van der Waals surface area contributed by atoms with E-state index in [0.29, 0.717) is 24.4 Å². The summed E-state index contributed by atoms with van der Waals surface area (Å²) in [7, 11) is 2.04. The zero-order valence-corrected chi connectivity index (χ0v) is 10.2. The molecule has 0 unspecified atom stereocenters. The summed E-state index contributed by atoms with van der Waals surface area (Å²) in [6, 6.07) is 0.410. The third-order valence-corrected chi connectivity index (χ3v) is 3.71. The topological polar surface area (TPSA) is 49.6 Å². The molecule has 0 spiro atoms. The summed E-state index contributed by atoms with van der Waals surface area (Å²) in [4.78, 5) is 16.0. The van der Waals surface area contributed by atoms with Crippen molar-refractivity contribution in [1.29, 1.82) is 0 Å². The second kappa shape index (κ2) is 5.15. The van der Waals surface area contributed by atoms with E-state index in [1.807, 2.05) is 11.9 Å². The number of nitrogens with zero attached hydrogens (tertiary/aromatic N) is 2. The molecule has 2 fully saturated rings. The minimum atomic E-state index is 0.295. The van der Waals surface area contributed by atoms with Gasteiger partial charge in [0.2, 0.25) is 5.91 Å². The summed E-state index contributed by atoms with van der Waals surface area (Å²) >= 11 is 0. The summed E-state index contributed by atoms with van der Waals surface area (Å²) in [5.41, 5.74) is 5.75. The van der Waals surface area contributed by atoms with Crippen molar-refractivity contribution in [2.45, 2.75) is 31.7 Å². The molecule has 1 amide bonds. The van der Waals surface area contributed by atoms with Crippen LogP contribution in [0, 0.1) is 5.92 Å². The fourth-order valence-electron chi connectivity index (χ4n) is 2.74. The van der Waals surface area contributed by atoms with Gasteiger partial charge in [0.15, 0.2) is 0 Å². The van der Waals surface area contributed by atoms with Crippen LogP contribution in [0.5, 0.6) is 0 Å². The van der Waals surface area contributed by atoms with Crippen LogP contribution in [0.2, 0.25) is 0 Å². The van der Waals surface area contributed by atoms with E-state index in [1.54, 1.807) is 0 Å². The Hall–Kier alpha value is -0.610. The van der Waals surface area contributed by atoms with Crippen LogP contribution >= 0.6 is 0 Å². The van der Waals surface area contributed by atoms with Gasteiger partial charge in [-0.3, -0.25) is 9.69 Å². The zero-order chi connectivity index (χ0) is 11.5. The molecule has 2 aliphatic rings. The summed E-state index contributed by atoms with van der Waals surface area (Å²) < 4.78 is 0. The van der Waals surface area contributed by atoms with Crippen molar-refractivity contribution in [3.8, 4) is 0 Å². The monoisotopic (exact) mass is 225 g/mol. The van der Waals surface area contributed by atoms with Crippen LogP contribution in [-0.4, -0.2) is 55.0 Å². The average molecular weight is 225 g/mol. The fourth-order valence-corrected chi connectivity index (χ4v) is 2.74. The maximum atomic E-state index is 11.9. The highest BCUT2D eigenvalue weighted by atomic mass is 16.2. The van der Waals surface area contributed by atoms with Crippen molar-refractivity contribution in [2.75, 3.05) is 33.2 Å². The molecule has 0 bridgehead atoms. The van der Waals surface area contributed by atoms with E-state index >= 15 is 0 Å². The molecule has 1 saturated carbocycles. The summed E-state index contributed by atoms with van der Waals surface area (Å²) in [5, 5.41) is 0. The Kier molecular flexibility index (Phi) is 3.82. The van der Waals surface area contributed by atoms with Gasteiger partial charge in [0.25, 0.3) is 0 Å². The van der Waals surface area contributed by atoms with Gasteiger partial charge >= 0.3 is 0 Å². The highest BCUT2D eigenvalue weighted by molar-refractivity contribution is 5.78. The lowest BCUT2D eigenvalue weighted by atomic mass is 9.80. The van der Waals surface area contributed by atoms with Crippen LogP contribution in [0.4, 0.5) is 0 Å². The van der Waals surface area contributed by atoms with Gasteiger partial charge in [0, 0.05) is 25.7 Å². The van der Waals surface area contributed by atoms with Crippen molar-refractivity contribution in [3.63, 3.8) is 0 Å². The van der Waals surface area contributed by atoms with E-state index in [4.69, 9.17) is 5.73 Å². The van der Waals surface area contributed by atoms with Crippen molar-refractivity contribution < 1.29 is 4.79 Å². The van der Waals surface area contributed by atoms with Gasteiger partial charge in [0.05, 0.1) is 6.54 Å². The van der Waals surface area contributed by atoms with Gasteiger partial charge in [-0.25, -0.2) is 0 Å². The largest absolute Gasteiger partial charge is 0.342 e. The molecule has 4 nitrogen and oxygen atoms in total. The number of hydrogen-bond donors (Lipinski definition) is 1. The molecule has 1 heterocycles. The molecule has 16 heavy (non-hydrogen) atoms. The summed E-state index contributed by atoms with van der Waals surface area (Å²) in [5.74, 6) is 1.01. The lowest BCUT2D eigenvalue weighted by Gasteiger charge is -2.35. The molecular weight excluding hydrogens is 202 g/mol.